The van der Waals surface area contributed by atoms with E-state index in [0.29, 0.717) is 29.1 Å². The number of hydrogen-bond donors (Lipinski definition) is 3. The maximum atomic E-state index is 13.3. The zero-order valence-electron chi connectivity index (χ0n) is 18.4. The molecule has 0 aromatic heterocycles. The molecule has 2 aliphatic heterocycles. The van der Waals surface area contributed by atoms with Gasteiger partial charge in [0, 0.05) is 17.5 Å². The number of amides is 6. The summed E-state index contributed by atoms with van der Waals surface area (Å²) in [7, 11) is 0. The van der Waals surface area contributed by atoms with Crippen LogP contribution in [0, 0.1) is 17.8 Å². The molecule has 33 heavy (non-hydrogen) atoms. The van der Waals surface area contributed by atoms with Crippen LogP contribution in [0.3, 0.4) is 0 Å². The van der Waals surface area contributed by atoms with Gasteiger partial charge in [-0.25, -0.2) is 9.59 Å². The Bertz CT molecular complexity index is 1020. The van der Waals surface area contributed by atoms with E-state index in [0.717, 1.165) is 24.2 Å². The smallest absolute Gasteiger partial charge is 0.325 e. The standard InChI is InChI=1S/C24H28N4O5/c29-19(25-21(31)26-23-10-14-7-15(11-23)9-16(8-14)12-23)13-28-20(30)24(27-22(28)32)5-6-33-18-4-2-1-3-17(18)24/h1-4,14-16H,5-13H2,(H,27,32)(H2,25,26,29,31). The summed E-state index contributed by atoms with van der Waals surface area (Å²) in [5.41, 5.74) is -0.888. The predicted molar refractivity (Wildman–Crippen MR) is 116 cm³/mol. The van der Waals surface area contributed by atoms with Gasteiger partial charge >= 0.3 is 12.1 Å². The minimum Gasteiger partial charge on any atom is -0.493 e. The number of fused-ring (bicyclic) bond motifs is 2. The molecule has 7 rings (SSSR count). The highest BCUT2D eigenvalue weighted by Crippen LogP contribution is 2.55. The molecule has 1 atom stereocenters. The molecule has 1 spiro atoms. The minimum absolute atomic E-state index is 0.226. The summed E-state index contributed by atoms with van der Waals surface area (Å²) in [4.78, 5) is 52.1. The highest BCUT2D eigenvalue weighted by atomic mass is 16.5. The molecule has 1 aromatic carbocycles. The van der Waals surface area contributed by atoms with Crippen LogP contribution in [-0.4, -0.2) is 47.5 Å². The minimum atomic E-state index is -1.24. The van der Waals surface area contributed by atoms with Crippen LogP contribution in [0.15, 0.2) is 24.3 Å². The lowest BCUT2D eigenvalue weighted by Gasteiger charge is -2.56. The van der Waals surface area contributed by atoms with Gasteiger partial charge in [-0.2, -0.15) is 0 Å². The second kappa shape index (κ2) is 7.20. The Balaban J connectivity index is 1.12. The van der Waals surface area contributed by atoms with Crippen LogP contribution in [0.2, 0.25) is 0 Å². The quantitative estimate of drug-likeness (QED) is 0.607. The van der Waals surface area contributed by atoms with Gasteiger partial charge in [-0.1, -0.05) is 18.2 Å². The fourth-order valence-corrected chi connectivity index (χ4v) is 7.36. The number of hydrogen-bond acceptors (Lipinski definition) is 5. The Morgan fingerprint density at radius 1 is 1.06 bits per heavy atom. The maximum Gasteiger partial charge on any atom is 0.325 e. The van der Waals surface area contributed by atoms with Gasteiger partial charge in [0.15, 0.2) is 5.54 Å². The molecule has 4 bridgehead atoms. The number of carbonyl (C=O) groups excluding carboxylic acids is 4. The lowest BCUT2D eigenvalue weighted by atomic mass is 9.53. The predicted octanol–water partition coefficient (Wildman–Crippen LogP) is 2.01. The van der Waals surface area contributed by atoms with Crippen molar-refractivity contribution >= 4 is 23.9 Å². The molecule has 1 aromatic rings. The fraction of sp³-hybridized carbons (Fsp3) is 0.583. The Labute approximate surface area is 191 Å². The van der Waals surface area contributed by atoms with Gasteiger partial charge in [-0.05, 0) is 62.3 Å². The summed E-state index contributed by atoms with van der Waals surface area (Å²) in [5.74, 6) is 1.35. The van der Waals surface area contributed by atoms with Crippen molar-refractivity contribution in [2.45, 2.75) is 56.0 Å². The van der Waals surface area contributed by atoms with Crippen molar-refractivity contribution in [2.75, 3.05) is 13.2 Å². The summed E-state index contributed by atoms with van der Waals surface area (Å²) < 4.78 is 5.62. The molecule has 2 heterocycles. The Kier molecular flexibility index (Phi) is 4.47. The zero-order valence-corrected chi connectivity index (χ0v) is 18.4. The summed E-state index contributed by atoms with van der Waals surface area (Å²) in [6, 6.07) is 5.88. The molecule has 3 N–H and O–H groups in total. The number of nitrogens with one attached hydrogen (secondary N) is 3. The average molecular weight is 453 g/mol. The van der Waals surface area contributed by atoms with E-state index in [1.807, 2.05) is 0 Å². The lowest BCUT2D eigenvalue weighted by molar-refractivity contribution is -0.135. The van der Waals surface area contributed by atoms with E-state index in [-0.39, 0.29) is 18.6 Å². The molecular formula is C24H28N4O5. The summed E-state index contributed by atoms with van der Waals surface area (Å²) >= 11 is 0. The van der Waals surface area contributed by atoms with Gasteiger partial charge in [0.25, 0.3) is 5.91 Å². The monoisotopic (exact) mass is 452 g/mol. The van der Waals surface area contributed by atoms with Crippen molar-refractivity contribution in [3.8, 4) is 5.75 Å². The largest absolute Gasteiger partial charge is 0.493 e. The van der Waals surface area contributed by atoms with Gasteiger partial charge in [0.05, 0.1) is 6.61 Å². The van der Waals surface area contributed by atoms with Crippen LogP contribution < -0.4 is 20.7 Å². The maximum absolute atomic E-state index is 13.3. The summed E-state index contributed by atoms with van der Waals surface area (Å²) in [6.45, 7) is -0.236. The second-order valence-electron chi connectivity index (χ2n) is 10.5. The van der Waals surface area contributed by atoms with Gasteiger partial charge in [0.1, 0.15) is 12.3 Å². The van der Waals surface area contributed by atoms with Crippen molar-refractivity contribution in [3.05, 3.63) is 29.8 Å². The third-order valence-electron chi connectivity index (χ3n) is 8.23. The first-order valence-corrected chi connectivity index (χ1v) is 11.8. The number of benzene rings is 1. The Hall–Kier alpha value is -3.10. The topological polar surface area (TPSA) is 117 Å². The molecule has 174 valence electrons. The van der Waals surface area contributed by atoms with E-state index in [9.17, 15) is 19.2 Å². The SMILES string of the molecule is O=C(CN1C(=O)NC2(CCOc3ccccc32)C1=O)NC(=O)NC12CC3CC(CC(C3)C1)C2. The number of nitrogens with zero attached hydrogens (tertiary/aromatic N) is 1. The molecular weight excluding hydrogens is 424 g/mol. The summed E-state index contributed by atoms with van der Waals surface area (Å²) in [5, 5.41) is 8.19. The van der Waals surface area contributed by atoms with Gasteiger partial charge < -0.3 is 15.4 Å². The molecule has 1 saturated heterocycles. The van der Waals surface area contributed by atoms with Crippen LogP contribution in [0.4, 0.5) is 9.59 Å². The normalized spacial score (nSPS) is 35.8. The average Bonchev–Trinajstić information content (AvgIpc) is 2.97. The molecule has 1 unspecified atom stereocenters. The van der Waals surface area contributed by atoms with E-state index in [1.165, 1.54) is 19.3 Å². The first kappa shape index (κ1) is 20.5. The first-order chi connectivity index (χ1) is 15.9. The lowest BCUT2D eigenvalue weighted by Crippen LogP contribution is -2.62. The van der Waals surface area contributed by atoms with E-state index in [2.05, 4.69) is 16.0 Å². The molecule has 4 aliphatic carbocycles. The van der Waals surface area contributed by atoms with E-state index < -0.39 is 36.0 Å². The van der Waals surface area contributed by atoms with Crippen LogP contribution in [0.5, 0.6) is 5.75 Å². The summed E-state index contributed by atoms with van der Waals surface area (Å²) in [6.07, 6.45) is 6.95. The van der Waals surface area contributed by atoms with E-state index in [4.69, 9.17) is 4.74 Å². The number of urea groups is 2. The van der Waals surface area contributed by atoms with Crippen LogP contribution in [0.1, 0.15) is 50.5 Å². The number of imide groups is 2. The first-order valence-electron chi connectivity index (χ1n) is 11.8. The van der Waals surface area contributed by atoms with Crippen molar-refractivity contribution in [2.24, 2.45) is 17.8 Å². The number of ether oxygens (including phenoxy) is 1. The molecule has 9 heteroatoms. The highest BCUT2D eigenvalue weighted by molar-refractivity contribution is 6.10. The van der Waals surface area contributed by atoms with Crippen molar-refractivity contribution in [3.63, 3.8) is 0 Å². The van der Waals surface area contributed by atoms with Crippen molar-refractivity contribution < 1.29 is 23.9 Å². The van der Waals surface area contributed by atoms with E-state index in [1.54, 1.807) is 24.3 Å². The molecule has 9 nitrogen and oxygen atoms in total. The highest BCUT2D eigenvalue weighted by Gasteiger charge is 2.55. The van der Waals surface area contributed by atoms with Gasteiger partial charge in [-0.3, -0.25) is 19.8 Å². The number of rotatable bonds is 3. The van der Waals surface area contributed by atoms with Crippen LogP contribution >= 0.6 is 0 Å². The van der Waals surface area contributed by atoms with Gasteiger partial charge in [0.2, 0.25) is 5.91 Å². The fourth-order valence-electron chi connectivity index (χ4n) is 7.36. The second-order valence-corrected chi connectivity index (χ2v) is 10.5. The third kappa shape index (κ3) is 3.28. The molecule has 6 aliphatic rings. The zero-order chi connectivity index (χ0) is 22.8. The third-order valence-corrected chi connectivity index (χ3v) is 8.23. The molecule has 0 radical (unpaired) electrons. The molecule has 5 fully saturated rings. The number of para-hydroxylation sites is 1. The Morgan fingerprint density at radius 3 is 2.42 bits per heavy atom. The van der Waals surface area contributed by atoms with Gasteiger partial charge in [-0.15, -0.1) is 0 Å². The van der Waals surface area contributed by atoms with E-state index >= 15 is 0 Å². The molecule has 4 saturated carbocycles. The van der Waals surface area contributed by atoms with Crippen LogP contribution in [0.25, 0.3) is 0 Å². The molecule has 6 amide bonds. The van der Waals surface area contributed by atoms with Crippen molar-refractivity contribution in [1.29, 1.82) is 0 Å². The van der Waals surface area contributed by atoms with Crippen LogP contribution in [-0.2, 0) is 15.1 Å². The van der Waals surface area contributed by atoms with Crippen molar-refractivity contribution in [1.82, 2.24) is 20.9 Å². The number of carbonyl (C=O) groups is 4. The Morgan fingerprint density at radius 2 is 1.73 bits per heavy atom.